The summed E-state index contributed by atoms with van der Waals surface area (Å²) in [5.41, 5.74) is 2.66. The van der Waals surface area contributed by atoms with Gasteiger partial charge in [-0.05, 0) is 30.0 Å². The number of nitrogens with one attached hydrogen (secondary N) is 1. The molecule has 0 radical (unpaired) electrons. The molecule has 126 valence electrons. The van der Waals surface area contributed by atoms with Crippen LogP contribution in [0.25, 0.3) is 10.1 Å². The second kappa shape index (κ2) is 8.56. The van der Waals surface area contributed by atoms with Crippen LogP contribution in [0, 0.1) is 0 Å². The number of aliphatic carboxylic acids is 1. The molecule has 4 N–H and O–H groups in total. The van der Waals surface area contributed by atoms with Gasteiger partial charge in [0.25, 0.3) is 0 Å². The van der Waals surface area contributed by atoms with E-state index in [0.717, 1.165) is 4.88 Å². The maximum atomic E-state index is 10.2. The minimum Gasteiger partial charge on any atom is -0.479 e. The van der Waals surface area contributed by atoms with Crippen LogP contribution < -0.4 is 5.48 Å². The van der Waals surface area contributed by atoms with Gasteiger partial charge in [-0.15, -0.1) is 11.3 Å². The summed E-state index contributed by atoms with van der Waals surface area (Å²) in [6.45, 7) is 1.94. The SMILES string of the molecule is C[C@H](NO)c1cc2ccccc2s1.O=C(O)[C@H](O)c1ccccc1. The highest BCUT2D eigenvalue weighted by atomic mass is 32.1. The van der Waals surface area contributed by atoms with Crippen molar-refractivity contribution in [1.82, 2.24) is 5.48 Å². The molecule has 2 atom stereocenters. The number of aliphatic hydroxyl groups is 1. The molecule has 0 spiro atoms. The molecule has 5 nitrogen and oxygen atoms in total. The van der Waals surface area contributed by atoms with E-state index in [2.05, 4.69) is 23.7 Å². The molecule has 1 heterocycles. The average Bonchev–Trinajstić information content (AvgIpc) is 3.05. The molecule has 0 bridgehead atoms. The molecule has 0 aliphatic carbocycles. The third-order valence-corrected chi connectivity index (χ3v) is 4.71. The van der Waals surface area contributed by atoms with Crippen molar-refractivity contribution in [3.8, 4) is 0 Å². The summed E-state index contributed by atoms with van der Waals surface area (Å²) in [7, 11) is 0. The molecular formula is C18H19NO4S. The number of carboxylic acid groups (broad SMARTS) is 1. The van der Waals surface area contributed by atoms with Crippen molar-refractivity contribution in [3.05, 3.63) is 71.1 Å². The first kappa shape index (κ1) is 18.1. The van der Waals surface area contributed by atoms with E-state index in [9.17, 15) is 4.79 Å². The number of aliphatic hydroxyl groups excluding tert-OH is 1. The lowest BCUT2D eigenvalue weighted by Crippen LogP contribution is -2.11. The molecule has 0 saturated heterocycles. The van der Waals surface area contributed by atoms with Crippen LogP contribution in [-0.2, 0) is 4.79 Å². The first-order chi connectivity index (χ1) is 11.5. The lowest BCUT2D eigenvalue weighted by molar-refractivity contribution is -0.146. The zero-order chi connectivity index (χ0) is 17.5. The maximum absolute atomic E-state index is 10.2. The quantitative estimate of drug-likeness (QED) is 0.541. The van der Waals surface area contributed by atoms with Crippen LogP contribution in [-0.4, -0.2) is 21.4 Å². The minimum absolute atomic E-state index is 0.0115. The van der Waals surface area contributed by atoms with Gasteiger partial charge in [0.15, 0.2) is 6.10 Å². The Morgan fingerprint density at radius 3 is 2.29 bits per heavy atom. The summed E-state index contributed by atoms with van der Waals surface area (Å²) >= 11 is 1.71. The molecule has 0 unspecified atom stereocenters. The standard InChI is InChI=1S/C10H11NOS.C8H8O3/c1-7(11-12)10-6-8-4-2-3-5-9(8)13-10;9-7(8(10)11)6-4-2-1-3-5-6/h2-7,11-12H,1H3;1-5,7,9H,(H,10,11)/t2*7-/m01/s1. The van der Waals surface area contributed by atoms with Gasteiger partial charge in [0.05, 0.1) is 6.04 Å². The molecule has 3 aromatic rings. The lowest BCUT2D eigenvalue weighted by Gasteiger charge is -2.03. The van der Waals surface area contributed by atoms with Crippen LogP contribution in [0.15, 0.2) is 60.7 Å². The second-order valence-electron chi connectivity index (χ2n) is 5.19. The van der Waals surface area contributed by atoms with Gasteiger partial charge in [0, 0.05) is 9.58 Å². The van der Waals surface area contributed by atoms with E-state index in [-0.39, 0.29) is 6.04 Å². The van der Waals surface area contributed by atoms with Crippen molar-refractivity contribution in [2.75, 3.05) is 0 Å². The summed E-state index contributed by atoms with van der Waals surface area (Å²) in [5, 5.41) is 27.4. The Hall–Kier alpha value is -2.25. The number of fused-ring (bicyclic) bond motifs is 1. The van der Waals surface area contributed by atoms with Gasteiger partial charge in [-0.1, -0.05) is 48.5 Å². The number of thiophene rings is 1. The number of hydrogen-bond donors (Lipinski definition) is 4. The monoisotopic (exact) mass is 345 g/mol. The van der Waals surface area contributed by atoms with E-state index in [1.807, 2.05) is 19.1 Å². The summed E-state index contributed by atoms with van der Waals surface area (Å²) in [5.74, 6) is -1.23. The molecule has 1 aromatic heterocycles. The zero-order valence-electron chi connectivity index (χ0n) is 13.1. The van der Waals surface area contributed by atoms with Crippen LogP contribution in [0.4, 0.5) is 0 Å². The Bertz CT molecular complexity index is 755. The van der Waals surface area contributed by atoms with Gasteiger partial charge in [0.1, 0.15) is 0 Å². The van der Waals surface area contributed by atoms with Crippen molar-refractivity contribution >= 4 is 27.4 Å². The molecule has 2 aromatic carbocycles. The van der Waals surface area contributed by atoms with Crippen molar-refractivity contribution < 1.29 is 20.2 Å². The van der Waals surface area contributed by atoms with E-state index in [1.54, 1.807) is 41.7 Å². The fourth-order valence-corrected chi connectivity index (χ4v) is 3.12. The Kier molecular flexibility index (Phi) is 6.45. The van der Waals surface area contributed by atoms with Crippen LogP contribution in [0.2, 0.25) is 0 Å². The predicted molar refractivity (Wildman–Crippen MR) is 94.2 cm³/mol. The summed E-state index contributed by atoms with van der Waals surface area (Å²) in [6.07, 6.45) is -1.41. The first-order valence-corrected chi connectivity index (χ1v) is 8.18. The summed E-state index contributed by atoms with van der Waals surface area (Å²) in [4.78, 5) is 11.4. The third-order valence-electron chi connectivity index (χ3n) is 3.41. The number of benzene rings is 2. The van der Waals surface area contributed by atoms with Gasteiger partial charge in [-0.3, -0.25) is 0 Å². The molecule has 0 amide bonds. The number of rotatable bonds is 4. The molecule has 0 aliphatic heterocycles. The topological polar surface area (TPSA) is 89.8 Å². The maximum Gasteiger partial charge on any atom is 0.337 e. The van der Waals surface area contributed by atoms with Crippen molar-refractivity contribution in [3.63, 3.8) is 0 Å². The molecule has 0 saturated carbocycles. The zero-order valence-corrected chi connectivity index (χ0v) is 13.9. The molecular weight excluding hydrogens is 326 g/mol. The highest BCUT2D eigenvalue weighted by Gasteiger charge is 2.14. The highest BCUT2D eigenvalue weighted by molar-refractivity contribution is 7.19. The average molecular weight is 345 g/mol. The van der Waals surface area contributed by atoms with Gasteiger partial charge >= 0.3 is 5.97 Å². The molecule has 3 rings (SSSR count). The largest absolute Gasteiger partial charge is 0.479 e. The van der Waals surface area contributed by atoms with E-state index in [1.165, 1.54) is 10.1 Å². The normalized spacial score (nSPS) is 13.0. The Morgan fingerprint density at radius 1 is 1.08 bits per heavy atom. The lowest BCUT2D eigenvalue weighted by atomic mass is 10.1. The molecule has 0 aliphatic rings. The van der Waals surface area contributed by atoms with Gasteiger partial charge in [0.2, 0.25) is 0 Å². The third kappa shape index (κ3) is 4.62. The fourth-order valence-electron chi connectivity index (χ4n) is 2.06. The van der Waals surface area contributed by atoms with E-state index >= 15 is 0 Å². The minimum atomic E-state index is -1.41. The smallest absolute Gasteiger partial charge is 0.337 e. The molecule has 0 fully saturated rings. The number of carboxylic acids is 1. The van der Waals surface area contributed by atoms with E-state index < -0.39 is 12.1 Å². The molecule has 24 heavy (non-hydrogen) atoms. The number of hydrogen-bond acceptors (Lipinski definition) is 5. The van der Waals surface area contributed by atoms with Crippen molar-refractivity contribution in [2.24, 2.45) is 0 Å². The predicted octanol–water partition coefficient (Wildman–Crippen LogP) is 3.75. The van der Waals surface area contributed by atoms with Crippen LogP contribution in [0.3, 0.4) is 0 Å². The Labute approximate surface area is 143 Å². The van der Waals surface area contributed by atoms with E-state index in [4.69, 9.17) is 15.4 Å². The Morgan fingerprint density at radius 2 is 1.71 bits per heavy atom. The van der Waals surface area contributed by atoms with Crippen LogP contribution in [0.5, 0.6) is 0 Å². The highest BCUT2D eigenvalue weighted by Crippen LogP contribution is 2.29. The number of carbonyl (C=O) groups is 1. The Balaban J connectivity index is 0.000000177. The van der Waals surface area contributed by atoms with Crippen molar-refractivity contribution in [1.29, 1.82) is 0 Å². The van der Waals surface area contributed by atoms with Gasteiger partial charge < -0.3 is 15.4 Å². The summed E-state index contributed by atoms with van der Waals surface area (Å²) in [6, 6.07) is 18.6. The second-order valence-corrected chi connectivity index (χ2v) is 6.30. The van der Waals surface area contributed by atoms with Crippen LogP contribution >= 0.6 is 11.3 Å². The fraction of sp³-hybridized carbons (Fsp3) is 0.167. The summed E-state index contributed by atoms with van der Waals surface area (Å²) < 4.78 is 1.26. The van der Waals surface area contributed by atoms with Crippen LogP contribution in [0.1, 0.15) is 29.5 Å². The molecule has 6 heteroatoms. The van der Waals surface area contributed by atoms with E-state index in [0.29, 0.717) is 5.56 Å². The van der Waals surface area contributed by atoms with Crippen molar-refractivity contribution in [2.45, 2.75) is 19.1 Å². The number of hydroxylamine groups is 1. The first-order valence-electron chi connectivity index (χ1n) is 7.37. The van der Waals surface area contributed by atoms with Gasteiger partial charge in [-0.2, -0.15) is 5.48 Å². The van der Waals surface area contributed by atoms with Gasteiger partial charge in [-0.25, -0.2) is 4.79 Å².